The van der Waals surface area contributed by atoms with Crippen LogP contribution in [-0.4, -0.2) is 41.2 Å². The summed E-state index contributed by atoms with van der Waals surface area (Å²) in [4.78, 5) is 57.0. The van der Waals surface area contributed by atoms with Crippen molar-refractivity contribution in [3.8, 4) is 11.5 Å². The van der Waals surface area contributed by atoms with E-state index in [1.54, 1.807) is 48.5 Å². The van der Waals surface area contributed by atoms with Gasteiger partial charge in [-0.15, -0.1) is 0 Å². The Bertz CT molecular complexity index is 1790. The quantitative estimate of drug-likeness (QED) is 0.242. The van der Waals surface area contributed by atoms with Crippen molar-refractivity contribution < 1.29 is 23.9 Å². The first-order chi connectivity index (χ1) is 20.7. The number of aromatic nitrogens is 1. The molecule has 43 heavy (non-hydrogen) atoms. The van der Waals surface area contributed by atoms with Crippen LogP contribution in [0, 0.1) is 12.8 Å². The smallest absolute Gasteiger partial charge is 0.305 e. The van der Waals surface area contributed by atoms with Gasteiger partial charge in [-0.1, -0.05) is 52.9 Å². The van der Waals surface area contributed by atoms with Crippen LogP contribution < -0.4 is 24.6 Å². The minimum absolute atomic E-state index is 0.245. The topological polar surface area (TPSA) is 118 Å². The number of rotatable bonds is 8. The van der Waals surface area contributed by atoms with E-state index in [1.165, 1.54) is 16.7 Å². The van der Waals surface area contributed by atoms with E-state index < -0.39 is 17.1 Å². The molecule has 0 spiro atoms. The Hall–Kier alpha value is -4.06. The first-order valence-corrected chi connectivity index (χ1v) is 15.6. The lowest BCUT2D eigenvalue weighted by molar-refractivity contribution is -0.122. The highest BCUT2D eigenvalue weighted by atomic mass is 35.5. The third kappa shape index (κ3) is 5.67. The Morgan fingerprint density at radius 1 is 1.00 bits per heavy atom. The maximum Gasteiger partial charge on any atom is 0.305 e. The maximum absolute atomic E-state index is 13.9. The van der Waals surface area contributed by atoms with Gasteiger partial charge in [-0.3, -0.25) is 19.2 Å². The number of anilines is 2. The number of thiazole rings is 1. The zero-order chi connectivity index (χ0) is 30.2. The van der Waals surface area contributed by atoms with E-state index in [1.807, 2.05) is 32.0 Å². The van der Waals surface area contributed by atoms with E-state index in [0.717, 1.165) is 16.9 Å². The molecule has 9 nitrogen and oxygen atoms in total. The summed E-state index contributed by atoms with van der Waals surface area (Å²) in [5, 5.41) is 3.15. The number of benzene rings is 3. The standard InChI is InChI=1S/C31H26ClN3O6S2/c1-3-40-22-14-17(7-12-21(22)41-15-23(36)33-19-6-4-5-16(2)13-19)24-25-27(42-28-26(24)43-31(39)34-28)30(38)35(29(25)37)20-10-8-18(32)9-11-20/h4-14,24-25,27H,3,15H2,1-2H3,(H,33,36)(H,34,39)/t24-,25?,27?/m1/s1. The molecule has 3 aromatic carbocycles. The van der Waals surface area contributed by atoms with Crippen molar-refractivity contribution in [3.63, 3.8) is 0 Å². The molecule has 3 amide bonds. The molecule has 2 aliphatic heterocycles. The van der Waals surface area contributed by atoms with E-state index in [0.29, 0.717) is 50.0 Å². The number of carbonyl (C=O) groups excluding carboxylic acids is 3. The van der Waals surface area contributed by atoms with Crippen LogP contribution in [0.1, 0.15) is 28.8 Å². The summed E-state index contributed by atoms with van der Waals surface area (Å²) in [5.41, 5.74) is 2.81. The molecule has 1 aromatic heterocycles. The van der Waals surface area contributed by atoms with E-state index >= 15 is 0 Å². The molecule has 0 aliphatic carbocycles. The third-order valence-corrected chi connectivity index (χ3v) is 9.85. The number of H-pyrrole nitrogens is 1. The number of thioether (sulfide) groups is 1. The number of fused-ring (bicyclic) bond motifs is 2. The van der Waals surface area contributed by atoms with Crippen molar-refractivity contribution in [3.05, 3.63) is 97.4 Å². The second-order valence-electron chi connectivity index (χ2n) is 10.1. The van der Waals surface area contributed by atoms with Crippen molar-refractivity contribution in [2.24, 2.45) is 5.92 Å². The number of halogens is 1. The van der Waals surface area contributed by atoms with Crippen molar-refractivity contribution in [1.82, 2.24) is 4.98 Å². The molecule has 220 valence electrons. The Morgan fingerprint density at radius 3 is 2.53 bits per heavy atom. The minimum atomic E-state index is -0.756. The van der Waals surface area contributed by atoms with Crippen LogP contribution in [0.3, 0.4) is 0 Å². The van der Waals surface area contributed by atoms with Gasteiger partial charge >= 0.3 is 4.87 Å². The first kappa shape index (κ1) is 29.0. The third-order valence-electron chi connectivity index (χ3n) is 7.20. The average molecular weight is 636 g/mol. The summed E-state index contributed by atoms with van der Waals surface area (Å²) in [6.45, 7) is 3.85. The number of aromatic amines is 1. The largest absolute Gasteiger partial charge is 0.490 e. The average Bonchev–Trinajstić information content (AvgIpc) is 3.47. The number of nitrogens with one attached hydrogen (secondary N) is 2. The number of imide groups is 1. The summed E-state index contributed by atoms with van der Waals surface area (Å²) in [6, 6.07) is 19.2. The fourth-order valence-electron chi connectivity index (χ4n) is 5.39. The van der Waals surface area contributed by atoms with Crippen LogP contribution in [0.4, 0.5) is 11.4 Å². The minimum Gasteiger partial charge on any atom is -0.490 e. The van der Waals surface area contributed by atoms with Crippen LogP contribution in [0.25, 0.3) is 0 Å². The lowest BCUT2D eigenvalue weighted by Gasteiger charge is -2.30. The van der Waals surface area contributed by atoms with Crippen molar-refractivity contribution in [1.29, 1.82) is 0 Å². The molecule has 3 atom stereocenters. The first-order valence-electron chi connectivity index (χ1n) is 13.5. The molecule has 2 aliphatic rings. The molecule has 0 bridgehead atoms. The maximum atomic E-state index is 13.9. The Kier molecular flexibility index (Phi) is 8.04. The SMILES string of the molecule is CCOc1cc([C@H]2c3sc(=O)[nH]c3SC3C(=O)N(c4ccc(Cl)cc4)C(=O)C32)ccc1OCC(=O)Nc1cccc(C)c1. The highest BCUT2D eigenvalue weighted by Crippen LogP contribution is 2.53. The Labute approximate surface area is 260 Å². The predicted molar refractivity (Wildman–Crippen MR) is 167 cm³/mol. The molecule has 0 saturated carbocycles. The number of nitrogens with zero attached hydrogens (tertiary/aromatic N) is 1. The zero-order valence-electron chi connectivity index (χ0n) is 23.1. The van der Waals surface area contributed by atoms with Gasteiger partial charge in [-0.25, -0.2) is 4.90 Å². The number of amides is 3. The zero-order valence-corrected chi connectivity index (χ0v) is 25.5. The molecule has 1 saturated heterocycles. The van der Waals surface area contributed by atoms with E-state index in [2.05, 4.69) is 10.3 Å². The van der Waals surface area contributed by atoms with Crippen molar-refractivity contribution in [2.45, 2.75) is 30.0 Å². The van der Waals surface area contributed by atoms with E-state index in [9.17, 15) is 19.2 Å². The molecular formula is C31H26ClN3O6S2. The molecule has 2 N–H and O–H groups in total. The normalized spacial score (nSPS) is 19.1. The Balaban J connectivity index is 1.31. The molecule has 3 heterocycles. The predicted octanol–water partition coefficient (Wildman–Crippen LogP) is 5.61. The molecule has 0 radical (unpaired) electrons. The van der Waals surface area contributed by atoms with Crippen LogP contribution in [-0.2, 0) is 14.4 Å². The van der Waals surface area contributed by atoms with Crippen LogP contribution in [0.15, 0.2) is 76.6 Å². The Morgan fingerprint density at radius 2 is 1.79 bits per heavy atom. The van der Waals surface area contributed by atoms with Gasteiger partial charge in [0.25, 0.3) is 5.91 Å². The lowest BCUT2D eigenvalue weighted by atomic mass is 9.83. The molecule has 12 heteroatoms. The summed E-state index contributed by atoms with van der Waals surface area (Å²) >= 11 is 8.28. The highest BCUT2D eigenvalue weighted by Gasteiger charge is 2.56. The van der Waals surface area contributed by atoms with Gasteiger partial charge in [-0.05, 0) is 73.5 Å². The number of hydrogen-bond donors (Lipinski definition) is 2. The van der Waals surface area contributed by atoms with Crippen molar-refractivity contribution >= 4 is 63.8 Å². The number of hydrogen-bond acceptors (Lipinski definition) is 8. The molecule has 6 rings (SSSR count). The second kappa shape index (κ2) is 11.9. The summed E-state index contributed by atoms with van der Waals surface area (Å²) in [7, 11) is 0. The fraction of sp³-hybridized carbons (Fsp3) is 0.226. The van der Waals surface area contributed by atoms with Gasteiger partial charge in [0, 0.05) is 21.5 Å². The van der Waals surface area contributed by atoms with Gasteiger partial charge in [0.2, 0.25) is 11.8 Å². The fourth-order valence-corrected chi connectivity index (χ4v) is 8.03. The number of aryl methyl sites for hydroxylation is 1. The van der Waals surface area contributed by atoms with Crippen molar-refractivity contribution in [2.75, 3.05) is 23.4 Å². The molecule has 1 fully saturated rings. The number of carbonyl (C=O) groups is 3. The molecule has 2 unspecified atom stereocenters. The lowest BCUT2D eigenvalue weighted by Crippen LogP contribution is -2.32. The van der Waals surface area contributed by atoms with Gasteiger partial charge in [-0.2, -0.15) is 0 Å². The summed E-state index contributed by atoms with van der Waals surface area (Å²) < 4.78 is 11.7. The second-order valence-corrected chi connectivity index (χ2v) is 12.7. The molecular weight excluding hydrogens is 610 g/mol. The highest BCUT2D eigenvalue weighted by molar-refractivity contribution is 8.00. The molecule has 4 aromatic rings. The van der Waals surface area contributed by atoms with Crippen LogP contribution >= 0.6 is 34.7 Å². The van der Waals surface area contributed by atoms with Gasteiger partial charge < -0.3 is 19.8 Å². The number of ether oxygens (including phenoxy) is 2. The van der Waals surface area contributed by atoms with Gasteiger partial charge in [0.15, 0.2) is 18.1 Å². The van der Waals surface area contributed by atoms with Crippen LogP contribution in [0.5, 0.6) is 11.5 Å². The monoisotopic (exact) mass is 635 g/mol. The summed E-state index contributed by atoms with van der Waals surface area (Å²) in [6.07, 6.45) is 0. The van der Waals surface area contributed by atoms with Gasteiger partial charge in [0.05, 0.1) is 23.2 Å². The van der Waals surface area contributed by atoms with Gasteiger partial charge in [0.1, 0.15) is 5.25 Å². The van der Waals surface area contributed by atoms with E-state index in [-0.39, 0.29) is 29.2 Å². The van der Waals surface area contributed by atoms with E-state index in [4.69, 9.17) is 21.1 Å². The van der Waals surface area contributed by atoms with Crippen LogP contribution in [0.2, 0.25) is 5.02 Å². The summed E-state index contributed by atoms with van der Waals surface area (Å²) in [5.74, 6) is -1.64.